The first-order chi connectivity index (χ1) is 12.3. The van der Waals surface area contributed by atoms with E-state index in [-0.39, 0.29) is 5.91 Å². The largest absolute Gasteiger partial charge is 0.376 e. The lowest BCUT2D eigenvalue weighted by atomic mass is 9.78. The molecule has 2 atom stereocenters. The maximum absolute atomic E-state index is 12.7. The molecular weight excluding hydrogens is 314 g/mol. The van der Waals surface area contributed by atoms with E-state index in [4.69, 9.17) is 0 Å². The third-order valence-electron chi connectivity index (χ3n) is 5.56. The highest BCUT2D eigenvalue weighted by atomic mass is 16.2. The van der Waals surface area contributed by atoms with Gasteiger partial charge in [-0.2, -0.15) is 5.10 Å². The molecular formula is C19H25N5O. The highest BCUT2D eigenvalue weighted by Crippen LogP contribution is 2.35. The van der Waals surface area contributed by atoms with Crippen LogP contribution in [0.5, 0.6) is 0 Å². The molecule has 25 heavy (non-hydrogen) atoms. The second-order valence-electron chi connectivity index (χ2n) is 7.08. The van der Waals surface area contributed by atoms with Gasteiger partial charge in [-0.3, -0.25) is 4.79 Å². The fraction of sp³-hybridized carbons (Fsp3) is 0.526. The lowest BCUT2D eigenvalue weighted by Gasteiger charge is -2.44. The number of hydrogen-bond acceptors (Lipinski definition) is 4. The molecule has 1 saturated heterocycles. The number of anilines is 1. The second kappa shape index (κ2) is 7.25. The number of amides is 1. The van der Waals surface area contributed by atoms with Gasteiger partial charge in [0.05, 0.1) is 12.2 Å². The number of hydrogen-bond donors (Lipinski definition) is 1. The average molecular weight is 339 g/mol. The zero-order valence-electron chi connectivity index (χ0n) is 14.5. The molecule has 1 N–H and O–H groups in total. The summed E-state index contributed by atoms with van der Waals surface area (Å²) < 4.78 is 1.71. The number of rotatable bonds is 4. The first-order valence-corrected chi connectivity index (χ1v) is 9.30. The van der Waals surface area contributed by atoms with Crippen LogP contribution in [-0.4, -0.2) is 44.7 Å². The molecule has 0 spiro atoms. The molecule has 2 fully saturated rings. The maximum atomic E-state index is 12.7. The Morgan fingerprint density at radius 3 is 2.72 bits per heavy atom. The van der Waals surface area contributed by atoms with Gasteiger partial charge in [0.1, 0.15) is 12.7 Å². The molecule has 1 aliphatic carbocycles. The van der Waals surface area contributed by atoms with Gasteiger partial charge in [-0.1, -0.05) is 12.8 Å². The minimum atomic E-state index is 0.233. The van der Waals surface area contributed by atoms with E-state index >= 15 is 0 Å². The Bertz CT molecular complexity index is 695. The van der Waals surface area contributed by atoms with Crippen LogP contribution in [0.3, 0.4) is 0 Å². The van der Waals surface area contributed by atoms with Crippen LogP contribution in [-0.2, 0) is 4.79 Å². The van der Waals surface area contributed by atoms with Crippen LogP contribution in [0.4, 0.5) is 5.69 Å². The Hall–Kier alpha value is -2.37. The van der Waals surface area contributed by atoms with E-state index in [0.717, 1.165) is 30.3 Å². The summed E-state index contributed by atoms with van der Waals surface area (Å²) in [5.41, 5.74) is 1.91. The molecule has 132 valence electrons. The molecule has 1 saturated carbocycles. The Morgan fingerprint density at radius 2 is 1.92 bits per heavy atom. The lowest BCUT2D eigenvalue weighted by molar-refractivity contribution is -0.135. The van der Waals surface area contributed by atoms with E-state index in [9.17, 15) is 4.79 Å². The van der Waals surface area contributed by atoms with Crippen LogP contribution < -0.4 is 5.32 Å². The van der Waals surface area contributed by atoms with E-state index < -0.39 is 0 Å². The lowest BCUT2D eigenvalue weighted by Crippen LogP contribution is -2.51. The minimum absolute atomic E-state index is 0.233. The summed E-state index contributed by atoms with van der Waals surface area (Å²) in [6.07, 6.45) is 10.7. The molecule has 2 aromatic rings. The van der Waals surface area contributed by atoms with Crippen molar-refractivity contribution in [1.82, 2.24) is 19.7 Å². The molecule has 1 aliphatic heterocycles. The topological polar surface area (TPSA) is 63.1 Å². The van der Waals surface area contributed by atoms with Crippen molar-refractivity contribution >= 4 is 11.6 Å². The molecule has 2 heterocycles. The van der Waals surface area contributed by atoms with E-state index in [0.29, 0.717) is 12.6 Å². The molecule has 0 unspecified atom stereocenters. The van der Waals surface area contributed by atoms with Crippen LogP contribution in [0.15, 0.2) is 36.9 Å². The number of aromatic nitrogens is 3. The predicted molar refractivity (Wildman–Crippen MR) is 96.5 cm³/mol. The van der Waals surface area contributed by atoms with Crippen LogP contribution in [0.25, 0.3) is 5.69 Å². The van der Waals surface area contributed by atoms with Gasteiger partial charge in [0.15, 0.2) is 0 Å². The van der Waals surface area contributed by atoms with Crippen molar-refractivity contribution in [3.63, 3.8) is 0 Å². The van der Waals surface area contributed by atoms with E-state index in [1.807, 2.05) is 24.3 Å². The Balaban J connectivity index is 1.35. The summed E-state index contributed by atoms with van der Waals surface area (Å²) >= 11 is 0. The Morgan fingerprint density at radius 1 is 1.12 bits per heavy atom. The van der Waals surface area contributed by atoms with Crippen molar-refractivity contribution in [3.8, 4) is 5.69 Å². The smallest absolute Gasteiger partial charge is 0.242 e. The number of benzene rings is 1. The molecule has 1 aromatic heterocycles. The van der Waals surface area contributed by atoms with Gasteiger partial charge in [0.2, 0.25) is 5.91 Å². The molecule has 1 aromatic carbocycles. The third-order valence-corrected chi connectivity index (χ3v) is 5.56. The van der Waals surface area contributed by atoms with Gasteiger partial charge in [-0.25, -0.2) is 9.67 Å². The predicted octanol–water partition coefficient (Wildman–Crippen LogP) is 2.86. The van der Waals surface area contributed by atoms with Gasteiger partial charge in [0.25, 0.3) is 0 Å². The molecule has 6 nitrogen and oxygen atoms in total. The second-order valence-corrected chi connectivity index (χ2v) is 7.08. The SMILES string of the molecule is O=C(CNc1ccc(-n2cncn2)cc1)N1CCC[C@H]2CCCC[C@H]21. The number of carbonyl (C=O) groups excluding carboxylic acids is 1. The van der Waals surface area contributed by atoms with Crippen molar-refractivity contribution in [3.05, 3.63) is 36.9 Å². The van der Waals surface area contributed by atoms with Gasteiger partial charge in [-0.05, 0) is 55.9 Å². The number of nitrogens with one attached hydrogen (secondary N) is 1. The average Bonchev–Trinajstić information content (AvgIpc) is 3.21. The number of fused-ring (bicyclic) bond motifs is 1. The number of likely N-dealkylation sites (tertiary alicyclic amines) is 1. The van der Waals surface area contributed by atoms with Crippen molar-refractivity contribution in [2.24, 2.45) is 5.92 Å². The van der Waals surface area contributed by atoms with Crippen molar-refractivity contribution < 1.29 is 4.79 Å². The van der Waals surface area contributed by atoms with Gasteiger partial charge < -0.3 is 10.2 Å². The summed E-state index contributed by atoms with van der Waals surface area (Å²) in [4.78, 5) is 18.8. The van der Waals surface area contributed by atoms with Crippen LogP contribution in [0.1, 0.15) is 38.5 Å². The summed E-state index contributed by atoms with van der Waals surface area (Å²) in [6.45, 7) is 1.29. The highest BCUT2D eigenvalue weighted by molar-refractivity contribution is 5.81. The van der Waals surface area contributed by atoms with Crippen LogP contribution >= 0.6 is 0 Å². The Labute approximate surface area is 148 Å². The molecule has 6 heteroatoms. The Kier molecular flexibility index (Phi) is 4.68. The minimum Gasteiger partial charge on any atom is -0.376 e. The molecule has 0 radical (unpaired) electrons. The zero-order valence-corrected chi connectivity index (χ0v) is 14.5. The monoisotopic (exact) mass is 339 g/mol. The number of carbonyl (C=O) groups is 1. The van der Waals surface area contributed by atoms with Crippen LogP contribution in [0, 0.1) is 5.92 Å². The standard InChI is InChI=1S/C19H25N5O/c25-19(23-11-3-5-15-4-1-2-6-18(15)23)12-21-16-7-9-17(10-8-16)24-14-20-13-22-24/h7-10,13-15,18,21H,1-6,11-12H2/t15-,18-/m1/s1. The van der Waals surface area contributed by atoms with Crippen molar-refractivity contribution in [2.45, 2.75) is 44.6 Å². The molecule has 4 rings (SSSR count). The first kappa shape index (κ1) is 16.1. The van der Waals surface area contributed by atoms with Crippen molar-refractivity contribution in [2.75, 3.05) is 18.4 Å². The number of nitrogens with zero attached hydrogens (tertiary/aromatic N) is 4. The first-order valence-electron chi connectivity index (χ1n) is 9.30. The quantitative estimate of drug-likeness (QED) is 0.930. The summed E-state index contributed by atoms with van der Waals surface area (Å²) in [5.74, 6) is 0.963. The zero-order chi connectivity index (χ0) is 17.1. The van der Waals surface area contributed by atoms with Gasteiger partial charge in [-0.15, -0.1) is 0 Å². The van der Waals surface area contributed by atoms with Gasteiger partial charge >= 0.3 is 0 Å². The highest BCUT2D eigenvalue weighted by Gasteiger charge is 2.35. The van der Waals surface area contributed by atoms with E-state index in [1.54, 1.807) is 11.0 Å². The number of piperidine rings is 1. The van der Waals surface area contributed by atoms with Crippen molar-refractivity contribution in [1.29, 1.82) is 0 Å². The fourth-order valence-electron chi connectivity index (χ4n) is 4.29. The summed E-state index contributed by atoms with van der Waals surface area (Å²) in [7, 11) is 0. The summed E-state index contributed by atoms with van der Waals surface area (Å²) in [6, 6.07) is 8.37. The molecule has 2 aliphatic rings. The maximum Gasteiger partial charge on any atom is 0.242 e. The molecule has 1 amide bonds. The summed E-state index contributed by atoms with van der Waals surface area (Å²) in [5, 5.41) is 7.39. The van der Waals surface area contributed by atoms with E-state index in [1.165, 1.54) is 38.4 Å². The molecule has 0 bridgehead atoms. The fourth-order valence-corrected chi connectivity index (χ4v) is 4.29. The van der Waals surface area contributed by atoms with Gasteiger partial charge in [0, 0.05) is 18.3 Å². The normalized spacial score (nSPS) is 23.1. The van der Waals surface area contributed by atoms with Crippen LogP contribution in [0.2, 0.25) is 0 Å². The van der Waals surface area contributed by atoms with E-state index in [2.05, 4.69) is 20.3 Å². The third kappa shape index (κ3) is 3.52.